The Morgan fingerprint density at radius 1 is 1.10 bits per heavy atom. The van der Waals surface area contributed by atoms with Crippen LogP contribution < -0.4 is 5.32 Å². The second kappa shape index (κ2) is 9.75. The Balaban J connectivity index is 1.94. The van der Waals surface area contributed by atoms with E-state index >= 15 is 0 Å². The van der Waals surface area contributed by atoms with Crippen molar-refractivity contribution < 1.29 is 4.79 Å². The number of nitriles is 1. The van der Waals surface area contributed by atoms with Crippen LogP contribution in [0.15, 0.2) is 70.7 Å². The van der Waals surface area contributed by atoms with E-state index in [1.165, 1.54) is 0 Å². The highest BCUT2D eigenvalue weighted by Crippen LogP contribution is 2.25. The van der Waals surface area contributed by atoms with Gasteiger partial charge in [-0.15, -0.1) is 0 Å². The van der Waals surface area contributed by atoms with Gasteiger partial charge in [-0.3, -0.25) is 4.79 Å². The first-order chi connectivity index (χ1) is 14.4. The number of rotatable bonds is 5. The average molecular weight is 480 g/mol. The maximum Gasteiger partial charge on any atom is 0.266 e. The molecule has 0 unspecified atom stereocenters. The minimum absolute atomic E-state index is 0.0200. The average Bonchev–Trinajstić information content (AvgIpc) is 2.72. The lowest BCUT2D eigenvalue weighted by Crippen LogP contribution is -2.14. The van der Waals surface area contributed by atoms with Crippen molar-refractivity contribution in [2.45, 2.75) is 20.3 Å². The third-order valence-electron chi connectivity index (χ3n) is 4.75. The summed E-state index contributed by atoms with van der Waals surface area (Å²) in [6, 6.07) is 21.3. The van der Waals surface area contributed by atoms with Gasteiger partial charge in [0.25, 0.3) is 5.91 Å². The lowest BCUT2D eigenvalue weighted by Gasteiger charge is -2.11. The highest BCUT2D eigenvalue weighted by molar-refractivity contribution is 9.10. The summed E-state index contributed by atoms with van der Waals surface area (Å²) in [5.41, 5.74) is 5.50. The summed E-state index contributed by atoms with van der Waals surface area (Å²) in [5, 5.41) is 13.0. The predicted molar refractivity (Wildman–Crippen MR) is 127 cm³/mol. The molecule has 0 atom stereocenters. The molecule has 0 aliphatic rings. The number of carbonyl (C=O) groups excluding carboxylic acids is 1. The van der Waals surface area contributed by atoms with Gasteiger partial charge in [-0.1, -0.05) is 63.9 Å². The van der Waals surface area contributed by atoms with Crippen LogP contribution in [0.2, 0.25) is 5.02 Å². The summed E-state index contributed by atoms with van der Waals surface area (Å²) in [6.45, 7) is 3.87. The molecule has 0 aliphatic carbocycles. The second-order valence-electron chi connectivity index (χ2n) is 7.05. The van der Waals surface area contributed by atoms with E-state index in [9.17, 15) is 10.1 Å². The monoisotopic (exact) mass is 478 g/mol. The van der Waals surface area contributed by atoms with Crippen molar-refractivity contribution in [3.63, 3.8) is 0 Å². The van der Waals surface area contributed by atoms with E-state index in [4.69, 9.17) is 11.6 Å². The van der Waals surface area contributed by atoms with E-state index in [1.54, 1.807) is 12.1 Å². The number of anilines is 1. The number of carbonyl (C=O) groups is 1. The Morgan fingerprint density at radius 3 is 2.60 bits per heavy atom. The Kier molecular flexibility index (Phi) is 7.10. The van der Waals surface area contributed by atoms with Crippen molar-refractivity contribution in [1.82, 2.24) is 0 Å². The minimum atomic E-state index is -0.446. The standard InChI is InChI=1S/C25H20BrClN2O/c1-16-7-8-17(2)24(11-16)29-25(30)21(15-28)13-20-14-22(27)10-9-18(20)12-19-5-3-4-6-23(19)26/h3-11,13-14H,12H2,1-2H3,(H,29,30)/b21-13+. The normalized spacial score (nSPS) is 11.1. The van der Waals surface area contributed by atoms with Crippen LogP contribution in [-0.4, -0.2) is 5.91 Å². The van der Waals surface area contributed by atoms with Gasteiger partial charge in [0, 0.05) is 15.2 Å². The van der Waals surface area contributed by atoms with Gasteiger partial charge in [0.2, 0.25) is 0 Å². The van der Waals surface area contributed by atoms with E-state index in [2.05, 4.69) is 21.2 Å². The molecule has 0 fully saturated rings. The zero-order valence-electron chi connectivity index (χ0n) is 16.7. The number of nitrogens with zero attached hydrogens (tertiary/aromatic N) is 1. The van der Waals surface area contributed by atoms with E-state index in [1.807, 2.05) is 74.5 Å². The lowest BCUT2D eigenvalue weighted by atomic mass is 9.98. The molecule has 0 heterocycles. The Labute approximate surface area is 190 Å². The summed E-state index contributed by atoms with van der Waals surface area (Å²) in [6.07, 6.45) is 2.24. The smallest absolute Gasteiger partial charge is 0.266 e. The van der Waals surface area contributed by atoms with Crippen LogP contribution in [0, 0.1) is 25.2 Å². The van der Waals surface area contributed by atoms with Crippen molar-refractivity contribution in [1.29, 1.82) is 5.26 Å². The van der Waals surface area contributed by atoms with Gasteiger partial charge in [-0.05, 0) is 78.4 Å². The van der Waals surface area contributed by atoms with Crippen molar-refractivity contribution in [3.05, 3.63) is 104 Å². The maximum absolute atomic E-state index is 12.8. The molecule has 1 amide bonds. The van der Waals surface area contributed by atoms with Crippen molar-refractivity contribution in [2.75, 3.05) is 5.32 Å². The summed E-state index contributed by atoms with van der Waals surface area (Å²) >= 11 is 9.78. The number of nitrogens with one attached hydrogen (secondary N) is 1. The van der Waals surface area contributed by atoms with Crippen LogP contribution in [0.5, 0.6) is 0 Å². The molecule has 30 heavy (non-hydrogen) atoms. The van der Waals surface area contributed by atoms with Crippen LogP contribution >= 0.6 is 27.5 Å². The lowest BCUT2D eigenvalue weighted by molar-refractivity contribution is -0.112. The maximum atomic E-state index is 12.8. The molecule has 3 nitrogen and oxygen atoms in total. The van der Waals surface area contributed by atoms with Crippen LogP contribution in [0.1, 0.15) is 27.8 Å². The first-order valence-corrected chi connectivity index (χ1v) is 10.6. The molecular formula is C25H20BrClN2O. The van der Waals surface area contributed by atoms with Crippen LogP contribution in [0.25, 0.3) is 6.08 Å². The van der Waals surface area contributed by atoms with E-state index in [0.717, 1.165) is 32.3 Å². The number of halogens is 2. The zero-order valence-corrected chi connectivity index (χ0v) is 19.0. The quantitative estimate of drug-likeness (QED) is 0.321. The highest BCUT2D eigenvalue weighted by Gasteiger charge is 2.13. The predicted octanol–water partition coefficient (Wildman–Crippen LogP) is 6.86. The van der Waals surface area contributed by atoms with E-state index in [-0.39, 0.29) is 5.57 Å². The van der Waals surface area contributed by atoms with Gasteiger partial charge in [0.05, 0.1) is 0 Å². The molecular weight excluding hydrogens is 460 g/mol. The van der Waals surface area contributed by atoms with Gasteiger partial charge < -0.3 is 5.32 Å². The SMILES string of the molecule is Cc1ccc(C)c(NC(=O)/C(C#N)=C/c2cc(Cl)ccc2Cc2ccccc2Br)c1. The Hall–Kier alpha value is -2.87. The Bertz CT molecular complexity index is 1180. The fourth-order valence-electron chi connectivity index (χ4n) is 3.07. The van der Waals surface area contributed by atoms with E-state index < -0.39 is 5.91 Å². The van der Waals surface area contributed by atoms with Crippen LogP contribution in [0.4, 0.5) is 5.69 Å². The molecule has 3 aromatic rings. The third kappa shape index (κ3) is 5.38. The zero-order chi connectivity index (χ0) is 21.7. The fourth-order valence-corrected chi connectivity index (χ4v) is 3.68. The van der Waals surface area contributed by atoms with E-state index in [0.29, 0.717) is 17.1 Å². The number of hydrogen-bond donors (Lipinski definition) is 1. The topological polar surface area (TPSA) is 52.9 Å². The van der Waals surface area contributed by atoms with Gasteiger partial charge in [0.15, 0.2) is 0 Å². The summed E-state index contributed by atoms with van der Waals surface area (Å²) in [4.78, 5) is 12.8. The van der Waals surface area contributed by atoms with Crippen LogP contribution in [-0.2, 0) is 11.2 Å². The minimum Gasteiger partial charge on any atom is -0.321 e. The van der Waals surface area contributed by atoms with Gasteiger partial charge in [0.1, 0.15) is 11.6 Å². The first kappa shape index (κ1) is 21.8. The second-order valence-corrected chi connectivity index (χ2v) is 8.34. The van der Waals surface area contributed by atoms with Crippen molar-refractivity contribution in [3.8, 4) is 6.07 Å². The fraction of sp³-hybridized carbons (Fsp3) is 0.120. The number of hydrogen-bond acceptors (Lipinski definition) is 2. The molecule has 150 valence electrons. The molecule has 0 aromatic heterocycles. The molecule has 0 bridgehead atoms. The van der Waals surface area contributed by atoms with Gasteiger partial charge in [-0.2, -0.15) is 5.26 Å². The van der Waals surface area contributed by atoms with Crippen molar-refractivity contribution in [2.24, 2.45) is 0 Å². The molecule has 5 heteroatoms. The Morgan fingerprint density at radius 2 is 1.87 bits per heavy atom. The number of benzene rings is 3. The largest absolute Gasteiger partial charge is 0.321 e. The van der Waals surface area contributed by atoms with Gasteiger partial charge >= 0.3 is 0 Å². The highest BCUT2D eigenvalue weighted by atomic mass is 79.9. The molecule has 0 aliphatic heterocycles. The molecule has 0 saturated carbocycles. The first-order valence-electron chi connectivity index (χ1n) is 9.39. The molecule has 0 spiro atoms. The number of amides is 1. The third-order valence-corrected chi connectivity index (χ3v) is 5.76. The summed E-state index contributed by atoms with van der Waals surface area (Å²) < 4.78 is 1.00. The van der Waals surface area contributed by atoms with Gasteiger partial charge in [-0.25, -0.2) is 0 Å². The molecule has 3 aromatic carbocycles. The number of aryl methyl sites for hydroxylation is 2. The molecule has 0 radical (unpaired) electrons. The van der Waals surface area contributed by atoms with Crippen LogP contribution in [0.3, 0.4) is 0 Å². The molecule has 1 N–H and O–H groups in total. The molecule has 0 saturated heterocycles. The summed E-state index contributed by atoms with van der Waals surface area (Å²) in [7, 11) is 0. The summed E-state index contributed by atoms with van der Waals surface area (Å²) in [5.74, 6) is -0.446. The molecule has 3 rings (SSSR count). The van der Waals surface area contributed by atoms with Crippen molar-refractivity contribution >= 4 is 45.2 Å².